The van der Waals surface area contributed by atoms with Crippen molar-refractivity contribution in [3.05, 3.63) is 29.8 Å². The first kappa shape index (κ1) is 15.8. The summed E-state index contributed by atoms with van der Waals surface area (Å²) in [6.07, 6.45) is 0.224. The minimum atomic E-state index is -0.722. The lowest BCUT2D eigenvalue weighted by molar-refractivity contribution is -0.137. The largest absolute Gasteiger partial charge is 0.496 e. The SMILES string of the molecule is COc1ccccc1[C@H](C)N1CCN(CCC(=O)O)CC1. The molecule has 0 bridgehead atoms. The molecule has 0 unspecified atom stereocenters. The van der Waals surface area contributed by atoms with Crippen LogP contribution < -0.4 is 4.74 Å². The first-order chi connectivity index (χ1) is 10.1. The molecule has 5 heteroatoms. The first-order valence-corrected chi connectivity index (χ1v) is 7.43. The zero-order valence-corrected chi connectivity index (χ0v) is 12.8. The number of aliphatic carboxylic acids is 1. The van der Waals surface area contributed by atoms with Crippen molar-refractivity contribution in [3.63, 3.8) is 0 Å². The second-order valence-corrected chi connectivity index (χ2v) is 5.44. The van der Waals surface area contributed by atoms with Gasteiger partial charge in [-0.2, -0.15) is 0 Å². The summed E-state index contributed by atoms with van der Waals surface area (Å²) < 4.78 is 5.44. The fourth-order valence-corrected chi connectivity index (χ4v) is 2.84. The molecule has 0 aromatic heterocycles. The normalized spacial score (nSPS) is 18.4. The topological polar surface area (TPSA) is 53.0 Å². The Hall–Kier alpha value is -1.59. The van der Waals surface area contributed by atoms with Gasteiger partial charge < -0.3 is 14.7 Å². The number of methoxy groups -OCH3 is 1. The molecule has 1 aliphatic heterocycles. The van der Waals surface area contributed by atoms with Crippen LogP contribution in [0.1, 0.15) is 24.9 Å². The van der Waals surface area contributed by atoms with Crippen molar-refractivity contribution in [2.75, 3.05) is 39.8 Å². The van der Waals surface area contributed by atoms with Gasteiger partial charge >= 0.3 is 5.97 Å². The number of carboxylic acids is 1. The van der Waals surface area contributed by atoms with Crippen LogP contribution in [0, 0.1) is 0 Å². The summed E-state index contributed by atoms with van der Waals surface area (Å²) in [5, 5.41) is 8.74. The van der Waals surface area contributed by atoms with Crippen molar-refractivity contribution in [2.24, 2.45) is 0 Å². The standard InChI is InChI=1S/C16H24N2O3/c1-13(14-5-3-4-6-15(14)21-2)18-11-9-17(10-12-18)8-7-16(19)20/h3-6,13H,7-12H2,1-2H3,(H,19,20)/t13-/m0/s1. The number of ether oxygens (including phenoxy) is 1. The highest BCUT2D eigenvalue weighted by Gasteiger charge is 2.23. The Labute approximate surface area is 126 Å². The number of hydrogen-bond donors (Lipinski definition) is 1. The summed E-state index contributed by atoms with van der Waals surface area (Å²) in [4.78, 5) is 15.3. The second kappa shape index (κ2) is 7.43. The van der Waals surface area contributed by atoms with Gasteiger partial charge in [0, 0.05) is 44.3 Å². The maximum Gasteiger partial charge on any atom is 0.304 e. The predicted octanol–water partition coefficient (Wildman–Crippen LogP) is 1.85. The van der Waals surface area contributed by atoms with Crippen molar-refractivity contribution >= 4 is 5.97 Å². The molecule has 1 heterocycles. The third-order valence-corrected chi connectivity index (χ3v) is 4.19. The summed E-state index contributed by atoms with van der Waals surface area (Å²) in [6.45, 7) is 6.61. The molecule has 0 spiro atoms. The molecule has 21 heavy (non-hydrogen) atoms. The molecule has 1 aromatic rings. The van der Waals surface area contributed by atoms with Crippen molar-refractivity contribution in [3.8, 4) is 5.75 Å². The van der Waals surface area contributed by atoms with Gasteiger partial charge in [0.15, 0.2) is 0 Å². The van der Waals surface area contributed by atoms with E-state index in [9.17, 15) is 4.79 Å². The number of piperazine rings is 1. The number of benzene rings is 1. The third-order valence-electron chi connectivity index (χ3n) is 4.19. The van der Waals surface area contributed by atoms with E-state index in [1.807, 2.05) is 18.2 Å². The Morgan fingerprint density at radius 2 is 1.95 bits per heavy atom. The Morgan fingerprint density at radius 3 is 2.57 bits per heavy atom. The van der Waals surface area contributed by atoms with E-state index in [1.165, 1.54) is 5.56 Å². The molecular weight excluding hydrogens is 268 g/mol. The maximum absolute atomic E-state index is 10.6. The highest BCUT2D eigenvalue weighted by atomic mass is 16.5. The minimum Gasteiger partial charge on any atom is -0.496 e. The summed E-state index contributed by atoms with van der Waals surface area (Å²) in [6, 6.07) is 8.44. The molecule has 1 N–H and O–H groups in total. The Kier molecular flexibility index (Phi) is 5.59. The van der Waals surface area contributed by atoms with Gasteiger partial charge in [0.05, 0.1) is 13.5 Å². The molecule has 2 rings (SSSR count). The molecule has 1 fully saturated rings. The van der Waals surface area contributed by atoms with E-state index in [2.05, 4.69) is 22.8 Å². The van der Waals surface area contributed by atoms with Gasteiger partial charge in [-0.3, -0.25) is 9.69 Å². The molecule has 1 aromatic carbocycles. The number of para-hydroxylation sites is 1. The van der Waals surface area contributed by atoms with Crippen LogP contribution in [0.5, 0.6) is 5.75 Å². The van der Waals surface area contributed by atoms with Gasteiger partial charge in [-0.15, -0.1) is 0 Å². The number of hydrogen-bond acceptors (Lipinski definition) is 4. The van der Waals surface area contributed by atoms with Gasteiger partial charge in [-0.05, 0) is 13.0 Å². The van der Waals surface area contributed by atoms with E-state index in [0.29, 0.717) is 12.6 Å². The smallest absolute Gasteiger partial charge is 0.304 e. The van der Waals surface area contributed by atoms with Gasteiger partial charge in [-0.1, -0.05) is 18.2 Å². The molecule has 0 saturated carbocycles. The number of rotatable bonds is 6. The summed E-state index contributed by atoms with van der Waals surface area (Å²) in [5.74, 6) is 0.207. The van der Waals surface area contributed by atoms with E-state index in [4.69, 9.17) is 9.84 Å². The van der Waals surface area contributed by atoms with E-state index < -0.39 is 5.97 Å². The predicted molar refractivity (Wildman–Crippen MR) is 81.7 cm³/mol. The van der Waals surface area contributed by atoms with E-state index in [0.717, 1.165) is 31.9 Å². The fraction of sp³-hybridized carbons (Fsp3) is 0.562. The molecule has 0 radical (unpaired) electrons. The quantitative estimate of drug-likeness (QED) is 0.867. The molecule has 116 valence electrons. The van der Waals surface area contributed by atoms with Crippen LogP contribution in [0.15, 0.2) is 24.3 Å². The van der Waals surface area contributed by atoms with Crippen molar-refractivity contribution in [1.29, 1.82) is 0 Å². The molecule has 5 nitrogen and oxygen atoms in total. The second-order valence-electron chi connectivity index (χ2n) is 5.44. The Bertz CT molecular complexity index is 470. The van der Waals surface area contributed by atoms with E-state index in [-0.39, 0.29) is 6.42 Å². The third kappa shape index (κ3) is 4.19. The zero-order valence-electron chi connectivity index (χ0n) is 12.8. The van der Waals surface area contributed by atoms with Gasteiger partial charge in [0.1, 0.15) is 5.75 Å². The van der Waals surface area contributed by atoms with Crippen LogP contribution in [-0.4, -0.2) is 60.7 Å². The zero-order chi connectivity index (χ0) is 15.2. The number of carbonyl (C=O) groups is 1. The molecular formula is C16H24N2O3. The number of nitrogens with zero attached hydrogens (tertiary/aromatic N) is 2. The summed E-state index contributed by atoms with van der Waals surface area (Å²) in [5.41, 5.74) is 1.21. The van der Waals surface area contributed by atoms with Crippen LogP contribution in [0.25, 0.3) is 0 Å². The van der Waals surface area contributed by atoms with Gasteiger partial charge in [-0.25, -0.2) is 0 Å². The van der Waals surface area contributed by atoms with Crippen LogP contribution in [0.4, 0.5) is 0 Å². The van der Waals surface area contributed by atoms with Crippen molar-refractivity contribution in [2.45, 2.75) is 19.4 Å². The van der Waals surface area contributed by atoms with Crippen LogP contribution in [-0.2, 0) is 4.79 Å². The molecule has 1 saturated heterocycles. The highest BCUT2D eigenvalue weighted by molar-refractivity contribution is 5.66. The monoisotopic (exact) mass is 292 g/mol. The summed E-state index contributed by atoms with van der Waals surface area (Å²) >= 11 is 0. The molecule has 1 aliphatic rings. The molecule has 1 atom stereocenters. The average Bonchev–Trinajstić information content (AvgIpc) is 2.52. The lowest BCUT2D eigenvalue weighted by Gasteiger charge is -2.38. The Balaban J connectivity index is 1.91. The van der Waals surface area contributed by atoms with Crippen LogP contribution in [0.2, 0.25) is 0 Å². The lowest BCUT2D eigenvalue weighted by Crippen LogP contribution is -2.47. The lowest BCUT2D eigenvalue weighted by atomic mass is 10.0. The number of carboxylic acid groups (broad SMARTS) is 1. The molecule has 0 aliphatic carbocycles. The van der Waals surface area contributed by atoms with E-state index >= 15 is 0 Å². The van der Waals surface area contributed by atoms with Crippen molar-refractivity contribution < 1.29 is 14.6 Å². The van der Waals surface area contributed by atoms with Crippen LogP contribution >= 0.6 is 0 Å². The first-order valence-electron chi connectivity index (χ1n) is 7.43. The van der Waals surface area contributed by atoms with Crippen molar-refractivity contribution in [1.82, 2.24) is 9.80 Å². The van der Waals surface area contributed by atoms with Gasteiger partial charge in [0.25, 0.3) is 0 Å². The van der Waals surface area contributed by atoms with E-state index in [1.54, 1.807) is 7.11 Å². The minimum absolute atomic E-state index is 0.224. The average molecular weight is 292 g/mol. The van der Waals surface area contributed by atoms with Crippen LogP contribution in [0.3, 0.4) is 0 Å². The maximum atomic E-state index is 10.6. The highest BCUT2D eigenvalue weighted by Crippen LogP contribution is 2.29. The Morgan fingerprint density at radius 1 is 1.29 bits per heavy atom. The van der Waals surface area contributed by atoms with Gasteiger partial charge in [0.2, 0.25) is 0 Å². The summed E-state index contributed by atoms with van der Waals surface area (Å²) in [7, 11) is 1.70. The fourth-order valence-electron chi connectivity index (χ4n) is 2.84. The molecule has 0 amide bonds.